The molecule has 0 atom stereocenters. The van der Waals surface area contributed by atoms with Crippen molar-refractivity contribution in [2.75, 3.05) is 25.1 Å². The highest BCUT2D eigenvalue weighted by molar-refractivity contribution is 6.32. The third-order valence-electron chi connectivity index (χ3n) is 3.33. The minimum absolute atomic E-state index is 0.142. The van der Waals surface area contributed by atoms with Gasteiger partial charge in [0.1, 0.15) is 12.4 Å². The number of terminal acetylenes is 1. The van der Waals surface area contributed by atoms with Gasteiger partial charge in [-0.3, -0.25) is 0 Å². The Morgan fingerprint density at radius 3 is 2.40 bits per heavy atom. The summed E-state index contributed by atoms with van der Waals surface area (Å²) in [7, 11) is 0. The van der Waals surface area contributed by atoms with Crippen LogP contribution in [0.5, 0.6) is 17.2 Å². The first-order valence-electron chi connectivity index (χ1n) is 8.16. The van der Waals surface area contributed by atoms with Gasteiger partial charge in [-0.05, 0) is 55.8 Å². The maximum atomic E-state index is 6.33. The fourth-order valence-electron chi connectivity index (χ4n) is 2.28. The molecule has 0 saturated carbocycles. The monoisotopic (exact) mass is 359 g/mol. The van der Waals surface area contributed by atoms with Crippen LogP contribution in [0.4, 0.5) is 5.69 Å². The highest BCUT2D eigenvalue weighted by atomic mass is 35.5. The van der Waals surface area contributed by atoms with Gasteiger partial charge in [-0.15, -0.1) is 6.42 Å². The van der Waals surface area contributed by atoms with Crippen molar-refractivity contribution in [1.82, 2.24) is 0 Å². The Morgan fingerprint density at radius 1 is 1.04 bits per heavy atom. The molecule has 132 valence electrons. The van der Waals surface area contributed by atoms with Gasteiger partial charge in [0, 0.05) is 12.2 Å². The van der Waals surface area contributed by atoms with Crippen molar-refractivity contribution in [2.45, 2.75) is 20.4 Å². The predicted octanol–water partition coefficient (Wildman–Crippen LogP) is 4.76. The smallest absolute Gasteiger partial charge is 0.181 e. The number of benzene rings is 2. The van der Waals surface area contributed by atoms with Crippen molar-refractivity contribution in [2.24, 2.45) is 0 Å². The molecule has 5 heteroatoms. The van der Waals surface area contributed by atoms with E-state index in [1.54, 1.807) is 0 Å². The summed E-state index contributed by atoms with van der Waals surface area (Å²) in [6.45, 7) is 5.78. The molecule has 0 spiro atoms. The second-order valence-corrected chi connectivity index (χ2v) is 5.55. The molecule has 0 bridgehead atoms. The Labute approximate surface area is 154 Å². The van der Waals surface area contributed by atoms with Crippen LogP contribution in [0, 0.1) is 12.3 Å². The molecule has 1 N–H and O–H groups in total. The van der Waals surface area contributed by atoms with Crippen molar-refractivity contribution < 1.29 is 14.2 Å². The predicted molar refractivity (Wildman–Crippen MR) is 102 cm³/mol. The van der Waals surface area contributed by atoms with Crippen molar-refractivity contribution in [3.05, 3.63) is 47.0 Å². The first-order valence-corrected chi connectivity index (χ1v) is 8.53. The van der Waals surface area contributed by atoms with Crippen LogP contribution in [-0.2, 0) is 6.54 Å². The van der Waals surface area contributed by atoms with Crippen molar-refractivity contribution >= 4 is 17.3 Å². The van der Waals surface area contributed by atoms with Gasteiger partial charge in [0.25, 0.3) is 0 Å². The Balaban J connectivity index is 2.09. The first-order chi connectivity index (χ1) is 12.2. The molecule has 0 unspecified atom stereocenters. The molecule has 0 amide bonds. The summed E-state index contributed by atoms with van der Waals surface area (Å²) in [6, 6.07) is 11.6. The Kier molecular flexibility index (Phi) is 7.31. The molecule has 0 aliphatic carbocycles. The maximum absolute atomic E-state index is 6.33. The highest BCUT2D eigenvalue weighted by Gasteiger charge is 2.12. The third kappa shape index (κ3) is 5.51. The molecule has 0 aromatic heterocycles. The molecule has 0 saturated heterocycles. The normalized spacial score (nSPS) is 10.0. The van der Waals surface area contributed by atoms with E-state index in [4.69, 9.17) is 32.2 Å². The van der Waals surface area contributed by atoms with Gasteiger partial charge in [-0.2, -0.15) is 0 Å². The standard InChI is InChI=1S/C20H22ClNO3/c1-4-11-25-20-18(21)12-15(13-19(20)24-6-3)14-22-16-7-9-17(10-8-16)23-5-2/h1,7-10,12-13,22H,5-6,11,14H2,2-3H3. The van der Waals surface area contributed by atoms with E-state index in [0.29, 0.717) is 36.3 Å². The number of halogens is 1. The van der Waals surface area contributed by atoms with Gasteiger partial charge in [-0.25, -0.2) is 0 Å². The molecular formula is C20H22ClNO3. The quantitative estimate of drug-likeness (QED) is 0.655. The van der Waals surface area contributed by atoms with E-state index in [1.807, 2.05) is 50.2 Å². The van der Waals surface area contributed by atoms with Gasteiger partial charge in [0.05, 0.1) is 18.2 Å². The highest BCUT2D eigenvalue weighted by Crippen LogP contribution is 2.36. The number of nitrogens with one attached hydrogen (secondary N) is 1. The van der Waals surface area contributed by atoms with E-state index in [9.17, 15) is 0 Å². The lowest BCUT2D eigenvalue weighted by molar-refractivity contribution is 0.299. The summed E-state index contributed by atoms with van der Waals surface area (Å²) >= 11 is 6.33. The molecule has 4 nitrogen and oxygen atoms in total. The number of ether oxygens (including phenoxy) is 3. The van der Waals surface area contributed by atoms with Crippen LogP contribution in [0.3, 0.4) is 0 Å². The lowest BCUT2D eigenvalue weighted by atomic mass is 10.2. The fraction of sp³-hybridized carbons (Fsp3) is 0.300. The van der Waals surface area contributed by atoms with Crippen LogP contribution in [-0.4, -0.2) is 19.8 Å². The average Bonchev–Trinajstić information content (AvgIpc) is 2.61. The number of anilines is 1. The number of rotatable bonds is 9. The second-order valence-electron chi connectivity index (χ2n) is 5.14. The molecule has 2 aromatic rings. The molecule has 25 heavy (non-hydrogen) atoms. The SMILES string of the molecule is C#CCOc1c(Cl)cc(CNc2ccc(OCC)cc2)cc1OCC. The maximum Gasteiger partial charge on any atom is 0.181 e. The number of hydrogen-bond donors (Lipinski definition) is 1. The van der Waals surface area contributed by atoms with Gasteiger partial charge < -0.3 is 19.5 Å². The van der Waals surface area contributed by atoms with E-state index in [0.717, 1.165) is 17.0 Å². The molecule has 0 heterocycles. The zero-order chi connectivity index (χ0) is 18.1. The lowest BCUT2D eigenvalue weighted by Crippen LogP contribution is -2.04. The van der Waals surface area contributed by atoms with E-state index in [2.05, 4.69) is 11.2 Å². The summed E-state index contributed by atoms with van der Waals surface area (Å²) < 4.78 is 16.6. The Bertz CT molecular complexity index is 723. The van der Waals surface area contributed by atoms with E-state index < -0.39 is 0 Å². The Morgan fingerprint density at radius 2 is 1.76 bits per heavy atom. The van der Waals surface area contributed by atoms with Crippen LogP contribution in [0.15, 0.2) is 36.4 Å². The molecule has 0 fully saturated rings. The van der Waals surface area contributed by atoms with E-state index in [-0.39, 0.29) is 6.61 Å². The van der Waals surface area contributed by atoms with Gasteiger partial charge >= 0.3 is 0 Å². The fourth-order valence-corrected chi connectivity index (χ4v) is 2.57. The van der Waals surface area contributed by atoms with Crippen molar-refractivity contribution in [1.29, 1.82) is 0 Å². The second kappa shape index (κ2) is 9.71. The molecular weight excluding hydrogens is 338 g/mol. The van der Waals surface area contributed by atoms with Crippen LogP contribution in [0.1, 0.15) is 19.4 Å². The molecule has 2 rings (SSSR count). The number of hydrogen-bond acceptors (Lipinski definition) is 4. The molecule has 0 aliphatic rings. The van der Waals surface area contributed by atoms with E-state index in [1.165, 1.54) is 0 Å². The lowest BCUT2D eigenvalue weighted by Gasteiger charge is -2.15. The summed E-state index contributed by atoms with van der Waals surface area (Å²) in [6.07, 6.45) is 5.24. The minimum Gasteiger partial charge on any atom is -0.494 e. The van der Waals surface area contributed by atoms with Gasteiger partial charge in [0.15, 0.2) is 11.5 Å². The summed E-state index contributed by atoms with van der Waals surface area (Å²) in [5.41, 5.74) is 1.97. The van der Waals surface area contributed by atoms with E-state index >= 15 is 0 Å². The Hall–Kier alpha value is -2.51. The summed E-state index contributed by atoms with van der Waals surface area (Å²) in [5, 5.41) is 3.82. The summed E-state index contributed by atoms with van der Waals surface area (Å²) in [4.78, 5) is 0. The van der Waals surface area contributed by atoms with Crippen molar-refractivity contribution in [3.8, 4) is 29.6 Å². The summed E-state index contributed by atoms with van der Waals surface area (Å²) in [5.74, 6) is 4.35. The first kappa shape index (κ1) is 18.8. The molecule has 0 radical (unpaired) electrons. The molecule has 0 aliphatic heterocycles. The zero-order valence-electron chi connectivity index (χ0n) is 14.5. The topological polar surface area (TPSA) is 39.7 Å². The van der Waals surface area contributed by atoms with Crippen LogP contribution >= 0.6 is 11.6 Å². The zero-order valence-corrected chi connectivity index (χ0v) is 15.2. The minimum atomic E-state index is 0.142. The van der Waals surface area contributed by atoms with Crippen LogP contribution < -0.4 is 19.5 Å². The molecule has 2 aromatic carbocycles. The van der Waals surface area contributed by atoms with Gasteiger partial charge in [0.2, 0.25) is 0 Å². The largest absolute Gasteiger partial charge is 0.494 e. The third-order valence-corrected chi connectivity index (χ3v) is 3.61. The van der Waals surface area contributed by atoms with Crippen LogP contribution in [0.2, 0.25) is 5.02 Å². The van der Waals surface area contributed by atoms with Gasteiger partial charge in [-0.1, -0.05) is 17.5 Å². The van der Waals surface area contributed by atoms with Crippen molar-refractivity contribution in [3.63, 3.8) is 0 Å². The average molecular weight is 360 g/mol. The van der Waals surface area contributed by atoms with Crippen LogP contribution in [0.25, 0.3) is 0 Å².